The molecule has 140 valence electrons. The zero-order chi connectivity index (χ0) is 18.8. The maximum absolute atomic E-state index is 11.9. The van der Waals surface area contributed by atoms with Crippen LogP contribution in [0.3, 0.4) is 0 Å². The minimum absolute atomic E-state index is 0.0732. The van der Waals surface area contributed by atoms with Gasteiger partial charge < -0.3 is 14.8 Å². The van der Waals surface area contributed by atoms with Gasteiger partial charge in [0.15, 0.2) is 11.5 Å². The molecule has 1 N–H and O–H groups in total. The molecule has 2 aromatic rings. The van der Waals surface area contributed by atoms with Gasteiger partial charge in [0.2, 0.25) is 5.91 Å². The van der Waals surface area contributed by atoms with Crippen LogP contribution in [0.15, 0.2) is 42.5 Å². The summed E-state index contributed by atoms with van der Waals surface area (Å²) in [7, 11) is 3.23. The lowest BCUT2D eigenvalue weighted by Crippen LogP contribution is -2.25. The van der Waals surface area contributed by atoms with Crippen molar-refractivity contribution in [1.82, 2.24) is 5.32 Å². The van der Waals surface area contributed by atoms with Crippen LogP contribution in [0.4, 0.5) is 0 Å². The second kappa shape index (κ2) is 11.0. The highest BCUT2D eigenvalue weighted by molar-refractivity contribution is 7.98. The normalized spacial score (nSPS) is 10.4. The first-order valence-corrected chi connectivity index (χ1v) is 9.95. The molecule has 0 aromatic heterocycles. The van der Waals surface area contributed by atoms with Gasteiger partial charge in [-0.2, -0.15) is 11.8 Å². The van der Waals surface area contributed by atoms with Crippen molar-refractivity contribution in [1.29, 1.82) is 0 Å². The van der Waals surface area contributed by atoms with Crippen LogP contribution in [0, 0.1) is 0 Å². The molecule has 0 bridgehead atoms. The number of nitrogens with one attached hydrogen (secondary N) is 1. The third kappa shape index (κ3) is 6.81. The van der Waals surface area contributed by atoms with E-state index in [0.29, 0.717) is 24.5 Å². The Balaban J connectivity index is 1.64. The highest BCUT2D eigenvalue weighted by Crippen LogP contribution is 2.27. The first-order chi connectivity index (χ1) is 12.6. The molecule has 0 atom stereocenters. The number of ether oxygens (including phenoxy) is 2. The van der Waals surface area contributed by atoms with Gasteiger partial charge in [-0.05, 0) is 41.8 Å². The Bertz CT molecular complexity index is 724. The molecule has 2 rings (SSSR count). The molecule has 2 aromatic carbocycles. The summed E-state index contributed by atoms with van der Waals surface area (Å²) >= 11 is 7.70. The van der Waals surface area contributed by atoms with Crippen LogP contribution >= 0.6 is 23.4 Å². The second-order valence-corrected chi connectivity index (χ2v) is 7.26. The zero-order valence-electron chi connectivity index (χ0n) is 15.1. The molecule has 0 fully saturated rings. The summed E-state index contributed by atoms with van der Waals surface area (Å²) in [4.78, 5) is 11.9. The first-order valence-electron chi connectivity index (χ1n) is 8.42. The summed E-state index contributed by atoms with van der Waals surface area (Å²) < 4.78 is 10.5. The maximum Gasteiger partial charge on any atom is 0.220 e. The lowest BCUT2D eigenvalue weighted by atomic mass is 10.1. The SMILES string of the molecule is COc1ccc(CCNC(=O)CCSCc2cccc(Cl)c2)cc1OC. The Hall–Kier alpha value is -1.85. The summed E-state index contributed by atoms with van der Waals surface area (Å²) in [5, 5.41) is 3.71. The molecule has 0 aliphatic heterocycles. The van der Waals surface area contributed by atoms with Crippen LogP contribution in [0.5, 0.6) is 11.5 Å². The average molecular weight is 394 g/mol. The van der Waals surface area contributed by atoms with Crippen molar-refractivity contribution >= 4 is 29.3 Å². The minimum Gasteiger partial charge on any atom is -0.493 e. The van der Waals surface area contributed by atoms with Crippen LogP contribution in [-0.4, -0.2) is 32.4 Å². The van der Waals surface area contributed by atoms with Crippen LogP contribution in [0.25, 0.3) is 0 Å². The second-order valence-electron chi connectivity index (χ2n) is 5.72. The van der Waals surface area contributed by atoms with Gasteiger partial charge in [-0.15, -0.1) is 0 Å². The average Bonchev–Trinajstić information content (AvgIpc) is 2.65. The summed E-state index contributed by atoms with van der Waals surface area (Å²) in [5.41, 5.74) is 2.27. The molecule has 0 aliphatic carbocycles. The topological polar surface area (TPSA) is 47.6 Å². The van der Waals surface area contributed by atoms with Crippen molar-refractivity contribution < 1.29 is 14.3 Å². The van der Waals surface area contributed by atoms with Gasteiger partial charge in [0.05, 0.1) is 14.2 Å². The molecular weight excluding hydrogens is 370 g/mol. The number of carbonyl (C=O) groups is 1. The first kappa shape index (κ1) is 20.5. The summed E-state index contributed by atoms with van der Waals surface area (Å²) in [5.74, 6) is 3.13. The molecule has 0 heterocycles. The molecule has 0 radical (unpaired) electrons. The third-order valence-electron chi connectivity index (χ3n) is 3.82. The van der Waals surface area contributed by atoms with E-state index in [1.165, 1.54) is 5.56 Å². The quantitative estimate of drug-likeness (QED) is 0.610. The largest absolute Gasteiger partial charge is 0.493 e. The van der Waals surface area contributed by atoms with Gasteiger partial charge in [0.25, 0.3) is 0 Å². The van der Waals surface area contributed by atoms with Crippen molar-refractivity contribution in [3.63, 3.8) is 0 Å². The van der Waals surface area contributed by atoms with E-state index in [2.05, 4.69) is 5.32 Å². The molecule has 1 amide bonds. The number of amides is 1. The van der Waals surface area contributed by atoms with E-state index in [9.17, 15) is 4.79 Å². The van der Waals surface area contributed by atoms with Gasteiger partial charge in [-0.1, -0.05) is 29.8 Å². The standard InChI is InChI=1S/C20H24ClNO3S/c1-24-18-7-6-15(13-19(18)25-2)8-10-22-20(23)9-11-26-14-16-4-3-5-17(21)12-16/h3-7,12-13H,8-11,14H2,1-2H3,(H,22,23). The Labute approximate surface area is 164 Å². The third-order valence-corrected chi connectivity index (χ3v) is 5.08. The predicted molar refractivity (Wildman–Crippen MR) is 108 cm³/mol. The van der Waals surface area contributed by atoms with Gasteiger partial charge in [0, 0.05) is 29.5 Å². The lowest BCUT2D eigenvalue weighted by Gasteiger charge is -2.10. The van der Waals surface area contributed by atoms with Crippen LogP contribution in [0.1, 0.15) is 17.5 Å². The molecule has 0 unspecified atom stereocenters. The van der Waals surface area contributed by atoms with Crippen molar-refractivity contribution in [2.75, 3.05) is 26.5 Å². The summed E-state index contributed by atoms with van der Waals surface area (Å²) in [6.45, 7) is 0.604. The number of hydrogen-bond acceptors (Lipinski definition) is 4. The Morgan fingerprint density at radius 3 is 2.62 bits per heavy atom. The highest BCUT2D eigenvalue weighted by atomic mass is 35.5. The fourth-order valence-corrected chi connectivity index (χ4v) is 3.55. The lowest BCUT2D eigenvalue weighted by molar-refractivity contribution is -0.120. The molecule has 6 heteroatoms. The highest BCUT2D eigenvalue weighted by Gasteiger charge is 2.06. The van der Waals surface area contributed by atoms with Crippen molar-refractivity contribution in [2.24, 2.45) is 0 Å². The van der Waals surface area contributed by atoms with E-state index in [4.69, 9.17) is 21.1 Å². The van der Waals surface area contributed by atoms with Gasteiger partial charge in [-0.25, -0.2) is 0 Å². The minimum atomic E-state index is 0.0732. The number of methoxy groups -OCH3 is 2. The number of thioether (sulfide) groups is 1. The van der Waals surface area contributed by atoms with E-state index in [0.717, 1.165) is 28.5 Å². The maximum atomic E-state index is 11.9. The summed E-state index contributed by atoms with van der Waals surface area (Å²) in [6, 6.07) is 13.6. The van der Waals surface area contributed by atoms with E-state index in [-0.39, 0.29) is 5.91 Å². The van der Waals surface area contributed by atoms with E-state index in [1.54, 1.807) is 26.0 Å². The number of hydrogen-bond donors (Lipinski definition) is 1. The predicted octanol–water partition coefficient (Wildman–Crippen LogP) is 4.34. The van der Waals surface area contributed by atoms with Crippen LogP contribution in [-0.2, 0) is 17.0 Å². The van der Waals surface area contributed by atoms with E-state index in [1.807, 2.05) is 42.5 Å². The monoisotopic (exact) mass is 393 g/mol. The fourth-order valence-electron chi connectivity index (χ4n) is 2.45. The molecular formula is C20H24ClNO3S. The van der Waals surface area contributed by atoms with E-state index < -0.39 is 0 Å². The van der Waals surface area contributed by atoms with Gasteiger partial charge in [-0.3, -0.25) is 4.79 Å². The van der Waals surface area contributed by atoms with Crippen molar-refractivity contribution in [3.05, 3.63) is 58.6 Å². The fraction of sp³-hybridized carbons (Fsp3) is 0.350. The molecule has 0 spiro atoms. The van der Waals surface area contributed by atoms with Gasteiger partial charge >= 0.3 is 0 Å². The molecule has 4 nitrogen and oxygen atoms in total. The van der Waals surface area contributed by atoms with Crippen LogP contribution < -0.4 is 14.8 Å². The van der Waals surface area contributed by atoms with Crippen molar-refractivity contribution in [3.8, 4) is 11.5 Å². The molecule has 0 saturated carbocycles. The van der Waals surface area contributed by atoms with Crippen LogP contribution in [0.2, 0.25) is 5.02 Å². The van der Waals surface area contributed by atoms with Crippen molar-refractivity contribution in [2.45, 2.75) is 18.6 Å². The molecule has 26 heavy (non-hydrogen) atoms. The number of carbonyl (C=O) groups excluding carboxylic acids is 1. The number of halogens is 1. The Morgan fingerprint density at radius 1 is 1.08 bits per heavy atom. The molecule has 0 aliphatic rings. The summed E-state index contributed by atoms with van der Waals surface area (Å²) in [6.07, 6.45) is 1.26. The zero-order valence-corrected chi connectivity index (χ0v) is 16.7. The Kier molecular flexibility index (Phi) is 8.65. The number of benzene rings is 2. The molecule has 0 saturated heterocycles. The Morgan fingerprint density at radius 2 is 1.88 bits per heavy atom. The van der Waals surface area contributed by atoms with Gasteiger partial charge in [0.1, 0.15) is 0 Å². The van der Waals surface area contributed by atoms with E-state index >= 15 is 0 Å². The number of rotatable bonds is 10. The smallest absolute Gasteiger partial charge is 0.220 e.